The van der Waals surface area contributed by atoms with E-state index in [4.69, 9.17) is 0 Å². The molecule has 0 spiro atoms. The molecule has 4 rings (SSSR count). The molecule has 0 radical (unpaired) electrons. The third-order valence-corrected chi connectivity index (χ3v) is 5.27. The Morgan fingerprint density at radius 1 is 1.16 bits per heavy atom. The molecule has 1 aliphatic rings. The normalized spacial score (nSPS) is 13.7. The highest BCUT2D eigenvalue weighted by Gasteiger charge is 2.12. The van der Waals surface area contributed by atoms with Crippen molar-refractivity contribution in [2.75, 3.05) is 5.43 Å². The van der Waals surface area contributed by atoms with Crippen LogP contribution in [-0.4, -0.2) is 15.8 Å². The predicted octanol–water partition coefficient (Wildman–Crippen LogP) is 4.84. The number of nitrogens with zero attached hydrogens (tertiary/aromatic N) is 2. The average molecular weight is 349 g/mol. The van der Waals surface area contributed by atoms with E-state index in [1.54, 1.807) is 12.1 Å². The van der Waals surface area contributed by atoms with Crippen molar-refractivity contribution in [3.63, 3.8) is 0 Å². The number of hydrogen-bond acceptors (Lipinski definition) is 5. The van der Waals surface area contributed by atoms with Crippen LogP contribution in [0.5, 0.6) is 5.75 Å². The van der Waals surface area contributed by atoms with E-state index in [2.05, 4.69) is 33.7 Å². The van der Waals surface area contributed by atoms with Crippen molar-refractivity contribution in [1.82, 2.24) is 4.98 Å². The molecule has 1 aromatic heterocycles. The zero-order valence-electron chi connectivity index (χ0n) is 14.0. The summed E-state index contributed by atoms with van der Waals surface area (Å²) in [5, 5.41) is 17.0. The number of phenols is 1. The zero-order chi connectivity index (χ0) is 17.2. The standard InChI is InChI=1S/C20H19N3OS/c1-13(15-10-9-14-5-4-6-16(14)11-15)22-23-20-21-18(12-25-20)17-7-2-3-8-19(17)24/h2-3,7-12,24H,4-6H2,1H3,(H,21,23)/b22-13+. The van der Waals surface area contributed by atoms with Gasteiger partial charge in [-0.05, 0) is 61.1 Å². The number of nitrogens with one attached hydrogen (secondary N) is 1. The van der Waals surface area contributed by atoms with E-state index in [9.17, 15) is 5.11 Å². The fraction of sp³-hybridized carbons (Fsp3) is 0.200. The van der Waals surface area contributed by atoms with Gasteiger partial charge in [0, 0.05) is 10.9 Å². The number of hydrogen-bond donors (Lipinski definition) is 2. The molecule has 2 N–H and O–H groups in total. The van der Waals surface area contributed by atoms with Crippen molar-refractivity contribution in [2.45, 2.75) is 26.2 Å². The average Bonchev–Trinajstić information content (AvgIpc) is 3.28. The lowest BCUT2D eigenvalue weighted by molar-refractivity contribution is 0.477. The summed E-state index contributed by atoms with van der Waals surface area (Å²) in [4.78, 5) is 4.51. The molecule has 0 bridgehead atoms. The molecule has 0 saturated heterocycles. The van der Waals surface area contributed by atoms with Crippen LogP contribution >= 0.6 is 11.3 Å². The van der Waals surface area contributed by atoms with E-state index in [1.165, 1.54) is 41.7 Å². The number of anilines is 1. The summed E-state index contributed by atoms with van der Waals surface area (Å²) in [5.74, 6) is 0.233. The molecule has 0 atom stereocenters. The van der Waals surface area contributed by atoms with Gasteiger partial charge in [-0.15, -0.1) is 11.3 Å². The van der Waals surface area contributed by atoms with Crippen LogP contribution in [0.2, 0.25) is 0 Å². The lowest BCUT2D eigenvalue weighted by Crippen LogP contribution is -2.00. The van der Waals surface area contributed by atoms with Gasteiger partial charge in [-0.1, -0.05) is 24.3 Å². The Hall–Kier alpha value is -2.66. The van der Waals surface area contributed by atoms with Crippen molar-refractivity contribution in [1.29, 1.82) is 0 Å². The van der Waals surface area contributed by atoms with E-state index >= 15 is 0 Å². The first kappa shape index (κ1) is 15.8. The SMILES string of the molecule is C/C(=N\Nc1nc(-c2ccccc2O)cs1)c1ccc2c(c1)CCC2. The molecule has 1 heterocycles. The molecular weight excluding hydrogens is 330 g/mol. The fourth-order valence-corrected chi connectivity index (χ4v) is 3.78. The van der Waals surface area contributed by atoms with Crippen LogP contribution in [0.15, 0.2) is 52.9 Å². The maximum Gasteiger partial charge on any atom is 0.203 e. The molecule has 0 unspecified atom stereocenters. The molecule has 3 aromatic rings. The second-order valence-corrected chi connectivity index (χ2v) is 7.06. The summed E-state index contributed by atoms with van der Waals surface area (Å²) in [6, 6.07) is 13.8. The topological polar surface area (TPSA) is 57.5 Å². The molecule has 1 aliphatic carbocycles. The van der Waals surface area contributed by atoms with Gasteiger partial charge in [0.05, 0.1) is 11.4 Å². The Bertz CT molecular complexity index is 946. The smallest absolute Gasteiger partial charge is 0.203 e. The van der Waals surface area contributed by atoms with Crippen molar-refractivity contribution >= 4 is 22.2 Å². The summed E-state index contributed by atoms with van der Waals surface area (Å²) < 4.78 is 0. The molecule has 0 fully saturated rings. The maximum absolute atomic E-state index is 9.93. The number of aryl methyl sites for hydroxylation is 2. The van der Waals surface area contributed by atoms with Crippen LogP contribution < -0.4 is 5.43 Å². The predicted molar refractivity (Wildman–Crippen MR) is 104 cm³/mol. The second kappa shape index (κ2) is 6.69. The Morgan fingerprint density at radius 2 is 2.00 bits per heavy atom. The van der Waals surface area contributed by atoms with E-state index in [-0.39, 0.29) is 5.75 Å². The van der Waals surface area contributed by atoms with Crippen LogP contribution in [0.1, 0.15) is 30.0 Å². The lowest BCUT2D eigenvalue weighted by atomic mass is 10.0. The fourth-order valence-electron chi connectivity index (χ4n) is 3.13. The Labute approximate surface area is 150 Å². The van der Waals surface area contributed by atoms with Gasteiger partial charge in [-0.2, -0.15) is 5.10 Å². The summed E-state index contributed by atoms with van der Waals surface area (Å²) in [6.45, 7) is 2.00. The summed E-state index contributed by atoms with van der Waals surface area (Å²) in [6.07, 6.45) is 3.61. The summed E-state index contributed by atoms with van der Waals surface area (Å²) >= 11 is 1.47. The van der Waals surface area contributed by atoms with Crippen molar-refractivity contribution in [3.05, 3.63) is 64.5 Å². The van der Waals surface area contributed by atoms with Gasteiger partial charge in [-0.25, -0.2) is 4.98 Å². The van der Waals surface area contributed by atoms with E-state index in [0.29, 0.717) is 5.13 Å². The third-order valence-electron chi connectivity index (χ3n) is 4.52. The van der Waals surface area contributed by atoms with Crippen LogP contribution in [0.4, 0.5) is 5.13 Å². The van der Waals surface area contributed by atoms with Crippen LogP contribution in [-0.2, 0) is 12.8 Å². The van der Waals surface area contributed by atoms with Gasteiger partial charge in [0.25, 0.3) is 0 Å². The number of hydrazone groups is 1. The second-order valence-electron chi connectivity index (χ2n) is 6.20. The maximum atomic E-state index is 9.93. The first-order chi connectivity index (χ1) is 12.2. The zero-order valence-corrected chi connectivity index (χ0v) is 14.8. The number of aromatic nitrogens is 1. The number of phenolic OH excluding ortho intramolecular Hbond substituents is 1. The number of aromatic hydroxyl groups is 1. The van der Waals surface area contributed by atoms with Crippen LogP contribution in [0.3, 0.4) is 0 Å². The van der Waals surface area contributed by atoms with Crippen LogP contribution in [0.25, 0.3) is 11.3 Å². The van der Waals surface area contributed by atoms with Gasteiger partial charge in [0.2, 0.25) is 5.13 Å². The molecule has 0 amide bonds. The number of fused-ring (bicyclic) bond motifs is 1. The highest BCUT2D eigenvalue weighted by Crippen LogP contribution is 2.31. The van der Waals surface area contributed by atoms with Crippen molar-refractivity contribution < 1.29 is 5.11 Å². The molecule has 2 aromatic carbocycles. The minimum Gasteiger partial charge on any atom is -0.507 e. The molecule has 0 saturated carbocycles. The van der Waals surface area contributed by atoms with Crippen molar-refractivity contribution in [3.8, 4) is 17.0 Å². The number of rotatable bonds is 4. The monoisotopic (exact) mass is 349 g/mol. The number of para-hydroxylation sites is 1. The van der Waals surface area contributed by atoms with Gasteiger partial charge in [0.1, 0.15) is 5.75 Å². The van der Waals surface area contributed by atoms with E-state index < -0.39 is 0 Å². The lowest BCUT2D eigenvalue weighted by Gasteiger charge is -2.05. The van der Waals surface area contributed by atoms with Crippen LogP contribution in [0, 0.1) is 0 Å². The number of benzene rings is 2. The Kier molecular flexibility index (Phi) is 4.24. The third kappa shape index (κ3) is 3.28. The summed E-state index contributed by atoms with van der Waals surface area (Å²) in [5.41, 5.74) is 9.51. The summed E-state index contributed by atoms with van der Waals surface area (Å²) in [7, 11) is 0. The van der Waals surface area contributed by atoms with E-state index in [1.807, 2.05) is 24.4 Å². The molecule has 126 valence electrons. The Balaban J connectivity index is 1.51. The first-order valence-electron chi connectivity index (χ1n) is 8.37. The molecule has 4 nitrogen and oxygen atoms in total. The molecular formula is C20H19N3OS. The molecule has 5 heteroatoms. The van der Waals surface area contributed by atoms with Crippen molar-refractivity contribution in [2.24, 2.45) is 5.10 Å². The molecule has 25 heavy (non-hydrogen) atoms. The van der Waals surface area contributed by atoms with Gasteiger partial charge in [-0.3, -0.25) is 5.43 Å². The first-order valence-corrected chi connectivity index (χ1v) is 9.25. The van der Waals surface area contributed by atoms with Gasteiger partial charge in [0.15, 0.2) is 0 Å². The van der Waals surface area contributed by atoms with Gasteiger partial charge < -0.3 is 5.11 Å². The quantitative estimate of drug-likeness (QED) is 0.523. The highest BCUT2D eigenvalue weighted by atomic mass is 32.1. The highest BCUT2D eigenvalue weighted by molar-refractivity contribution is 7.14. The largest absolute Gasteiger partial charge is 0.507 e. The van der Waals surface area contributed by atoms with E-state index in [0.717, 1.165) is 22.5 Å². The number of thiazole rings is 1. The Morgan fingerprint density at radius 3 is 2.88 bits per heavy atom. The van der Waals surface area contributed by atoms with Gasteiger partial charge >= 0.3 is 0 Å². The molecule has 0 aliphatic heterocycles. The minimum absolute atomic E-state index is 0.233. The minimum atomic E-state index is 0.233.